The summed E-state index contributed by atoms with van der Waals surface area (Å²) in [6, 6.07) is 8.85. The minimum Gasteiger partial charge on any atom is -0.530 e. The van der Waals surface area contributed by atoms with Gasteiger partial charge in [-0.3, -0.25) is 4.79 Å². The Morgan fingerprint density at radius 1 is 1.15 bits per heavy atom. The summed E-state index contributed by atoms with van der Waals surface area (Å²) in [4.78, 5) is 30.0. The summed E-state index contributed by atoms with van der Waals surface area (Å²) in [5.41, 5.74) is 8.62. The highest BCUT2D eigenvalue weighted by Gasteiger charge is 2.47. The summed E-state index contributed by atoms with van der Waals surface area (Å²) >= 11 is 6.14. The average molecular weight is 677 g/mol. The number of nitrogens with zero attached hydrogens (tertiary/aromatic N) is 4. The lowest BCUT2D eigenvalue weighted by Crippen LogP contribution is -2.63. The molecule has 248 valence electrons. The molecule has 2 unspecified atom stereocenters. The summed E-state index contributed by atoms with van der Waals surface area (Å²) in [5, 5.41) is 18.6. The van der Waals surface area contributed by atoms with E-state index in [1.54, 1.807) is 25.1 Å². The van der Waals surface area contributed by atoms with Gasteiger partial charge in [-0.05, 0) is 81.2 Å². The molecule has 0 spiro atoms. The second-order valence-corrected chi connectivity index (χ2v) is 14.8. The monoisotopic (exact) mass is 676 g/mol. The summed E-state index contributed by atoms with van der Waals surface area (Å²) in [6.07, 6.45) is 1.16. The maximum atomic E-state index is 15.4. The van der Waals surface area contributed by atoms with Gasteiger partial charge in [0, 0.05) is 60.6 Å². The summed E-state index contributed by atoms with van der Waals surface area (Å²) in [7, 11) is -3.67. The molecule has 2 N–H and O–H groups in total. The molecule has 4 atom stereocenters. The van der Waals surface area contributed by atoms with E-state index in [1.165, 1.54) is 16.4 Å². The lowest BCUT2D eigenvalue weighted by atomic mass is 9.76. The number of hydrogen-bond acceptors (Lipinski definition) is 8. The van der Waals surface area contributed by atoms with Crippen molar-refractivity contribution >= 4 is 39.3 Å². The zero-order valence-corrected chi connectivity index (χ0v) is 27.1. The van der Waals surface area contributed by atoms with E-state index in [4.69, 9.17) is 21.9 Å². The first kappa shape index (κ1) is 33.9. The average Bonchev–Trinajstić information content (AvgIpc) is 3.88. The number of nitrogens with one attached hydrogen (secondary N) is 2. The smallest absolute Gasteiger partial charge is 0.257 e. The summed E-state index contributed by atoms with van der Waals surface area (Å²) < 4.78 is 49.1. The molecule has 3 fully saturated rings. The number of amides is 2. The fraction of sp³-hybridized carbons (Fsp3) is 0.548. The minimum absolute atomic E-state index is 0.0116. The maximum Gasteiger partial charge on any atom is 0.257 e. The van der Waals surface area contributed by atoms with Crippen LogP contribution in [-0.2, 0) is 26.0 Å². The predicted octanol–water partition coefficient (Wildman–Crippen LogP) is 3.69. The van der Waals surface area contributed by atoms with Crippen LogP contribution in [0.5, 0.6) is 0 Å². The van der Waals surface area contributed by atoms with E-state index >= 15 is 4.39 Å². The van der Waals surface area contributed by atoms with Crippen molar-refractivity contribution < 1.29 is 32.2 Å². The van der Waals surface area contributed by atoms with Crippen molar-refractivity contribution in [3.63, 3.8) is 0 Å². The van der Waals surface area contributed by atoms with E-state index in [-0.39, 0.29) is 43.1 Å². The number of sulfonamides is 1. The number of piperazine rings is 1. The lowest BCUT2D eigenvalue weighted by Gasteiger charge is -2.45. The third-order valence-electron chi connectivity index (χ3n) is 9.13. The number of carbonyl (C=O) groups excluding carboxylic acids is 2. The van der Waals surface area contributed by atoms with E-state index < -0.39 is 57.1 Å². The van der Waals surface area contributed by atoms with Crippen LogP contribution in [0.3, 0.4) is 0 Å². The first-order chi connectivity index (χ1) is 22.0. The van der Waals surface area contributed by atoms with Gasteiger partial charge in [0.2, 0.25) is 21.0 Å². The van der Waals surface area contributed by atoms with Crippen LogP contribution in [0.1, 0.15) is 56.1 Å². The molecule has 1 aliphatic carbocycles. The molecule has 0 radical (unpaired) electrons. The Kier molecular flexibility index (Phi) is 10.7. The second-order valence-electron chi connectivity index (χ2n) is 12.2. The van der Waals surface area contributed by atoms with Gasteiger partial charge in [-0.2, -0.15) is 4.31 Å². The van der Waals surface area contributed by atoms with Crippen LogP contribution in [0, 0.1) is 17.3 Å². The van der Waals surface area contributed by atoms with Crippen molar-refractivity contribution in [2.24, 2.45) is 11.0 Å². The number of benzene rings is 2. The summed E-state index contributed by atoms with van der Waals surface area (Å²) in [5.74, 6) is -1.66. The van der Waals surface area contributed by atoms with Crippen molar-refractivity contribution in [3.05, 3.63) is 64.4 Å². The maximum absolute atomic E-state index is 15.4. The third-order valence-corrected chi connectivity index (χ3v) is 11.9. The van der Waals surface area contributed by atoms with Gasteiger partial charge in [-0.25, -0.2) is 12.8 Å². The van der Waals surface area contributed by atoms with Crippen molar-refractivity contribution in [1.29, 1.82) is 5.53 Å². The molecule has 0 aromatic heterocycles. The second kappa shape index (κ2) is 14.6. The van der Waals surface area contributed by atoms with Crippen LogP contribution in [-0.4, -0.2) is 79.3 Å². The van der Waals surface area contributed by atoms with E-state index in [2.05, 4.69) is 15.3 Å². The molecule has 12 nitrogen and oxygen atoms in total. The highest BCUT2D eigenvalue weighted by Crippen LogP contribution is 2.38. The number of anilines is 1. The topological polar surface area (TPSA) is 169 Å². The molecule has 2 aliphatic heterocycles. The molecular formula is C31H38ClFN6O6S. The number of ether oxygens (including phenoxy) is 1. The molecule has 5 rings (SSSR count). The van der Waals surface area contributed by atoms with Crippen molar-refractivity contribution in [2.45, 2.75) is 74.7 Å². The van der Waals surface area contributed by atoms with Gasteiger partial charge in [0.25, 0.3) is 5.91 Å². The van der Waals surface area contributed by atoms with Gasteiger partial charge in [0.1, 0.15) is 22.6 Å². The molecule has 2 saturated heterocycles. The van der Waals surface area contributed by atoms with E-state index in [0.29, 0.717) is 43.9 Å². The van der Waals surface area contributed by atoms with E-state index in [1.807, 2.05) is 12.1 Å². The molecule has 2 amide bonds. The highest BCUT2D eigenvalue weighted by molar-refractivity contribution is 7.90. The molecule has 2 heterocycles. The first-order valence-corrected chi connectivity index (χ1v) is 17.4. The van der Waals surface area contributed by atoms with Gasteiger partial charge >= 0.3 is 0 Å². The van der Waals surface area contributed by atoms with Crippen molar-refractivity contribution in [2.75, 3.05) is 31.6 Å². The molecule has 1 saturated carbocycles. The lowest BCUT2D eigenvalue weighted by molar-refractivity contribution is -0.268. The zero-order chi connectivity index (χ0) is 33.0. The molecule has 2 aromatic rings. The minimum atomic E-state index is -3.67. The number of carboxylic acid groups (broad SMARTS) is 1. The Hall–Kier alpha value is -3.42. The molecule has 15 heteroatoms. The van der Waals surface area contributed by atoms with Gasteiger partial charge in [-0.1, -0.05) is 29.8 Å². The zero-order valence-electron chi connectivity index (χ0n) is 25.5. The SMILES string of the molecule is CC1CN(C(=O)[O-])CC(CCc2c(F)cccc2NC(=O)[C@@H](N=[N+]=N)[C@@H](c2ccc(Cl)cc2)C2CCOCC2)N1S(=O)(=O)C1CC1. The standard InChI is InChI=1S/C31H38ClFN6O6S/c1-19-17-38(31(41)42)18-23(39(19)46(43,44)24-10-11-24)9-12-25-26(33)3-2-4-27(25)35-30(40)29(36-37-34)28(21-13-15-45-16-14-21)20-5-7-22(32)8-6-20/h2-8,19,21,23-24,28-29,34H,9-18H2,1H3,(H-,35,40,41,42)/t19?,23?,28-,29-/m0/s1. The van der Waals surface area contributed by atoms with Gasteiger partial charge in [0.05, 0.1) is 5.25 Å². The molecule has 46 heavy (non-hydrogen) atoms. The number of carbonyl (C=O) groups is 2. The molecule has 2 aromatic carbocycles. The van der Waals surface area contributed by atoms with Gasteiger partial charge in [0.15, 0.2) is 0 Å². The van der Waals surface area contributed by atoms with Crippen LogP contribution < -0.4 is 15.3 Å². The van der Waals surface area contributed by atoms with Crippen LogP contribution in [0.25, 0.3) is 0 Å². The first-order valence-electron chi connectivity index (χ1n) is 15.5. The highest BCUT2D eigenvalue weighted by atomic mass is 35.5. The molecular weight excluding hydrogens is 639 g/mol. The summed E-state index contributed by atoms with van der Waals surface area (Å²) in [6.45, 7) is 2.57. The Balaban J connectivity index is 1.41. The van der Waals surface area contributed by atoms with Crippen LogP contribution in [0.4, 0.5) is 14.9 Å². The number of rotatable bonds is 11. The number of halogens is 2. The normalized spacial score (nSPS) is 22.5. The fourth-order valence-corrected chi connectivity index (χ4v) is 9.16. The van der Waals surface area contributed by atoms with Crippen LogP contribution in [0.2, 0.25) is 5.02 Å². The Morgan fingerprint density at radius 3 is 2.48 bits per heavy atom. The molecule has 0 bridgehead atoms. The van der Waals surface area contributed by atoms with Gasteiger partial charge in [-0.15, -0.1) is 0 Å². The van der Waals surface area contributed by atoms with E-state index in [0.717, 1.165) is 10.5 Å². The van der Waals surface area contributed by atoms with Gasteiger partial charge < -0.3 is 24.9 Å². The Labute approximate surface area is 272 Å². The number of hydrogen-bond donors (Lipinski definition) is 2. The van der Waals surface area contributed by atoms with Crippen LogP contribution in [0.15, 0.2) is 47.6 Å². The Morgan fingerprint density at radius 2 is 1.85 bits per heavy atom. The Bertz CT molecular complexity index is 1580. The largest absolute Gasteiger partial charge is 0.530 e. The molecule has 3 aliphatic rings. The van der Waals surface area contributed by atoms with Crippen LogP contribution >= 0.6 is 11.6 Å². The van der Waals surface area contributed by atoms with Crippen molar-refractivity contribution in [3.8, 4) is 0 Å². The van der Waals surface area contributed by atoms with Crippen molar-refractivity contribution in [1.82, 2.24) is 14.1 Å². The quantitative estimate of drug-likeness (QED) is 0.272. The fourth-order valence-electron chi connectivity index (χ4n) is 6.80. The van der Waals surface area contributed by atoms with E-state index in [9.17, 15) is 23.1 Å². The third kappa shape index (κ3) is 7.58. The predicted molar refractivity (Wildman–Crippen MR) is 166 cm³/mol.